The quantitative estimate of drug-likeness (QED) is 0.484. The van der Waals surface area contributed by atoms with Crippen molar-refractivity contribution >= 4 is 22.3 Å². The Balaban J connectivity index is 0.00000225. The molecule has 0 saturated heterocycles. The van der Waals surface area contributed by atoms with Gasteiger partial charge in [0.05, 0.1) is 14.2 Å². The molecule has 28 heavy (non-hydrogen) atoms. The third-order valence-electron chi connectivity index (χ3n) is 5.24. The van der Waals surface area contributed by atoms with Crippen molar-refractivity contribution in [1.29, 1.82) is 0 Å². The van der Waals surface area contributed by atoms with Gasteiger partial charge in [-0.2, -0.15) is 0 Å². The van der Waals surface area contributed by atoms with Crippen molar-refractivity contribution in [2.45, 2.75) is 25.7 Å². The van der Waals surface area contributed by atoms with Gasteiger partial charge in [0.15, 0.2) is 11.5 Å². The van der Waals surface area contributed by atoms with Gasteiger partial charge in [-0.1, -0.05) is 13.0 Å². The zero-order valence-corrected chi connectivity index (χ0v) is 17.5. The van der Waals surface area contributed by atoms with Crippen LogP contribution in [0.4, 0.5) is 11.4 Å². The van der Waals surface area contributed by atoms with E-state index in [1.54, 1.807) is 14.2 Å². The van der Waals surface area contributed by atoms with Crippen molar-refractivity contribution in [2.24, 2.45) is 0 Å². The maximum absolute atomic E-state index is 5.39. The van der Waals surface area contributed by atoms with Crippen LogP contribution >= 0.6 is 0 Å². The highest BCUT2D eigenvalue weighted by atomic mass is 16.5. The van der Waals surface area contributed by atoms with E-state index in [-0.39, 0.29) is 2.85 Å². The lowest BCUT2D eigenvalue weighted by molar-refractivity contribution is 0.355. The minimum Gasteiger partial charge on any atom is -0.493 e. The van der Waals surface area contributed by atoms with Crippen molar-refractivity contribution < 1.29 is 12.3 Å². The lowest BCUT2D eigenvalue weighted by Gasteiger charge is -2.17. The number of methoxy groups -OCH3 is 2. The van der Waals surface area contributed by atoms with Crippen LogP contribution in [0, 0.1) is 0 Å². The summed E-state index contributed by atoms with van der Waals surface area (Å²) in [6, 6.07) is 12.3. The summed E-state index contributed by atoms with van der Waals surface area (Å²) in [6.45, 7) is 3.37. The maximum Gasteiger partial charge on any atom is 0.162 e. The maximum atomic E-state index is 5.39. The summed E-state index contributed by atoms with van der Waals surface area (Å²) in [5.74, 6) is 2.00. The Morgan fingerprint density at radius 3 is 2.43 bits per heavy atom. The Kier molecular flexibility index (Phi) is 6.47. The molecule has 0 amide bonds. The summed E-state index contributed by atoms with van der Waals surface area (Å²) in [4.78, 5) is 5.71. The fourth-order valence-corrected chi connectivity index (χ4v) is 3.64. The molecule has 1 heterocycles. The zero-order chi connectivity index (χ0) is 20.1. The van der Waals surface area contributed by atoms with Crippen LogP contribution in [-0.2, 0) is 0 Å². The number of benzene rings is 2. The smallest absolute Gasteiger partial charge is 0.162 e. The van der Waals surface area contributed by atoms with Crippen molar-refractivity contribution in [1.82, 2.24) is 9.88 Å². The third kappa shape index (κ3) is 4.42. The number of aromatic amines is 1. The molecule has 0 spiro atoms. The molecule has 3 aromatic rings. The van der Waals surface area contributed by atoms with Gasteiger partial charge in [0.2, 0.25) is 0 Å². The summed E-state index contributed by atoms with van der Waals surface area (Å²) in [5.41, 5.74) is 4.57. The van der Waals surface area contributed by atoms with Crippen LogP contribution in [0.25, 0.3) is 10.9 Å². The molecule has 2 N–H and O–H groups in total. The van der Waals surface area contributed by atoms with Crippen molar-refractivity contribution in [3.63, 3.8) is 0 Å². The van der Waals surface area contributed by atoms with Gasteiger partial charge in [-0.3, -0.25) is 0 Å². The molecule has 0 saturated carbocycles. The standard InChI is InChI=1S/C23H31N3O2.2H2/c1-6-16(11-12-26(2)3)20-15-24-21-13-17(7-9-19(20)21)25-18-8-10-22(27-4)23(14-18)28-5;;/h7-10,13-16,24-25H,6,11-12H2,1-5H3;2*1H. The molecule has 5 nitrogen and oxygen atoms in total. The van der Waals surface area contributed by atoms with Crippen molar-refractivity contribution in [3.8, 4) is 11.5 Å². The minimum atomic E-state index is 0. The summed E-state index contributed by atoms with van der Waals surface area (Å²) >= 11 is 0. The normalized spacial score (nSPS) is 12.4. The van der Waals surface area contributed by atoms with Crippen LogP contribution in [0.15, 0.2) is 42.6 Å². The Morgan fingerprint density at radius 1 is 1.04 bits per heavy atom. The molecule has 1 unspecified atom stereocenters. The predicted octanol–water partition coefficient (Wildman–Crippen LogP) is 5.87. The Bertz CT molecular complexity index is 928. The Labute approximate surface area is 170 Å². The first-order valence-corrected chi connectivity index (χ1v) is 9.80. The molecule has 2 aromatic carbocycles. The molecule has 3 rings (SSSR count). The van der Waals surface area contributed by atoms with Gasteiger partial charge < -0.3 is 24.7 Å². The second-order valence-electron chi connectivity index (χ2n) is 7.40. The second-order valence-corrected chi connectivity index (χ2v) is 7.40. The number of hydrogen-bond acceptors (Lipinski definition) is 4. The molecular weight excluding hydrogens is 350 g/mol. The predicted molar refractivity (Wildman–Crippen MR) is 122 cm³/mol. The second kappa shape index (κ2) is 9.02. The summed E-state index contributed by atoms with van der Waals surface area (Å²) in [6.07, 6.45) is 4.49. The molecule has 0 aliphatic carbocycles. The summed E-state index contributed by atoms with van der Waals surface area (Å²) in [7, 11) is 7.56. The van der Waals surface area contributed by atoms with E-state index in [1.807, 2.05) is 18.2 Å². The first-order valence-electron chi connectivity index (χ1n) is 9.80. The van der Waals surface area contributed by atoms with E-state index in [2.05, 4.69) is 60.6 Å². The first kappa shape index (κ1) is 20.1. The largest absolute Gasteiger partial charge is 0.493 e. The molecule has 0 aliphatic rings. The topological polar surface area (TPSA) is 49.5 Å². The van der Waals surface area contributed by atoms with Gasteiger partial charge in [0.25, 0.3) is 0 Å². The molecule has 5 heteroatoms. The van der Waals surface area contributed by atoms with Crippen LogP contribution in [0.1, 0.15) is 34.1 Å². The molecular formula is C23H35N3O2. The van der Waals surface area contributed by atoms with E-state index in [0.29, 0.717) is 11.7 Å². The number of nitrogens with one attached hydrogen (secondary N) is 2. The lowest BCUT2D eigenvalue weighted by Crippen LogP contribution is -2.15. The lowest BCUT2D eigenvalue weighted by atomic mass is 9.92. The van der Waals surface area contributed by atoms with Gasteiger partial charge >= 0.3 is 0 Å². The van der Waals surface area contributed by atoms with Gasteiger partial charge in [-0.25, -0.2) is 0 Å². The zero-order valence-electron chi connectivity index (χ0n) is 17.5. The van der Waals surface area contributed by atoms with Gasteiger partial charge in [0, 0.05) is 37.4 Å². The fraction of sp³-hybridized carbons (Fsp3) is 0.391. The number of ether oxygens (including phenoxy) is 2. The molecule has 0 radical (unpaired) electrons. The molecule has 0 bridgehead atoms. The molecule has 154 valence electrons. The van der Waals surface area contributed by atoms with E-state index in [0.717, 1.165) is 35.6 Å². The fourth-order valence-electron chi connectivity index (χ4n) is 3.64. The number of fused-ring (bicyclic) bond motifs is 1. The minimum absolute atomic E-state index is 0. The van der Waals surface area contributed by atoms with Crippen LogP contribution in [0.2, 0.25) is 0 Å². The molecule has 1 aromatic heterocycles. The van der Waals surface area contributed by atoms with E-state index in [9.17, 15) is 0 Å². The van der Waals surface area contributed by atoms with E-state index in [4.69, 9.17) is 9.47 Å². The highest BCUT2D eigenvalue weighted by Crippen LogP contribution is 2.34. The Hall–Kier alpha value is -2.66. The average molecular weight is 386 g/mol. The van der Waals surface area contributed by atoms with Gasteiger partial charge in [0.1, 0.15) is 0 Å². The van der Waals surface area contributed by atoms with Gasteiger partial charge in [-0.05, 0) is 69.2 Å². The molecule has 0 aliphatic heterocycles. The summed E-state index contributed by atoms with van der Waals surface area (Å²) < 4.78 is 10.7. The summed E-state index contributed by atoms with van der Waals surface area (Å²) in [5, 5.41) is 4.76. The number of nitrogens with zero attached hydrogens (tertiary/aromatic N) is 1. The highest BCUT2D eigenvalue weighted by molar-refractivity contribution is 5.87. The molecule has 1 atom stereocenters. The number of rotatable bonds is 9. The number of aromatic nitrogens is 1. The van der Waals surface area contributed by atoms with Crippen molar-refractivity contribution in [3.05, 3.63) is 48.2 Å². The van der Waals surface area contributed by atoms with E-state index >= 15 is 0 Å². The van der Waals surface area contributed by atoms with Crippen LogP contribution in [0.5, 0.6) is 11.5 Å². The highest BCUT2D eigenvalue weighted by Gasteiger charge is 2.15. The van der Waals surface area contributed by atoms with Crippen molar-refractivity contribution in [2.75, 3.05) is 40.2 Å². The van der Waals surface area contributed by atoms with Crippen LogP contribution < -0.4 is 14.8 Å². The van der Waals surface area contributed by atoms with Crippen LogP contribution in [0.3, 0.4) is 0 Å². The first-order chi connectivity index (χ1) is 13.5. The SMILES string of the molecule is CCC(CCN(C)C)c1c[nH]c2cc(Nc3ccc(OC)c(OC)c3)ccc12.[HH].[HH]. The Morgan fingerprint density at radius 2 is 1.75 bits per heavy atom. The van der Waals surface area contributed by atoms with E-state index in [1.165, 1.54) is 17.4 Å². The average Bonchev–Trinajstić information content (AvgIpc) is 3.11. The number of hydrogen-bond donors (Lipinski definition) is 2. The van der Waals surface area contributed by atoms with Gasteiger partial charge in [-0.15, -0.1) is 0 Å². The molecule has 0 fully saturated rings. The van der Waals surface area contributed by atoms with Crippen LogP contribution in [-0.4, -0.2) is 44.7 Å². The number of H-pyrrole nitrogens is 1. The number of anilines is 2. The third-order valence-corrected chi connectivity index (χ3v) is 5.24. The van der Waals surface area contributed by atoms with E-state index < -0.39 is 0 Å². The monoisotopic (exact) mass is 385 g/mol.